The Morgan fingerprint density at radius 2 is 1.51 bits per heavy atom. The van der Waals surface area contributed by atoms with Crippen LogP contribution in [-0.4, -0.2) is 149 Å². The number of amides is 4. The molecule has 6 saturated heterocycles. The first-order chi connectivity index (χ1) is 36.5. The SMILES string of the molecule is C#Cc1c(F)ccc2cc(O)cc(-c3ncc4c(N5CC6CCC(C5)N6)nc(OCCN5CCC(CC6CCN(CC7CCN(c8cccc9c8C(=O)N(C8CCC(=O)NC8=O)C9=O)CC7)CC6)CC5)nc4c3F)c12. The Morgan fingerprint density at radius 1 is 0.787 bits per heavy atom. The fourth-order valence-electron chi connectivity index (χ4n) is 13.3. The van der Waals surface area contributed by atoms with Crippen molar-refractivity contribution in [2.45, 2.75) is 88.8 Å². The number of hydrogen-bond donors (Lipinski definition) is 3. The van der Waals surface area contributed by atoms with E-state index in [0.717, 1.165) is 101 Å². The van der Waals surface area contributed by atoms with Gasteiger partial charge in [0.1, 0.15) is 41.2 Å². The first-order valence-corrected chi connectivity index (χ1v) is 26.9. The molecule has 0 radical (unpaired) electrons. The van der Waals surface area contributed by atoms with Crippen LogP contribution in [0.15, 0.2) is 48.7 Å². The number of anilines is 2. The van der Waals surface area contributed by atoms with Gasteiger partial charge in [-0.15, -0.1) is 6.42 Å². The standard InChI is InChI=1S/C57H62F2N10O6/c1-2-40-44(58)9-6-36-27-39(70)28-42(48(36)40)51-50(59)52-43(29-60-51)53(68-31-37-7-8-38(32-68)61-37)64-57(63-52)75-25-24-65-18-12-33(13-19-65)26-34-14-20-66(21-15-34)30-35-16-22-67(23-17-35)45-5-3-4-41-49(45)56(74)69(55(41)73)46-10-11-47(71)62-54(46)72/h1,3-6,9,27-29,33-35,37-38,46,61,70H,7-8,10-26,30-32H2,(H,62,71,72). The lowest BCUT2D eigenvalue weighted by Gasteiger charge is -2.40. The first kappa shape index (κ1) is 49.1. The van der Waals surface area contributed by atoms with Gasteiger partial charge in [-0.25, -0.2) is 8.78 Å². The second kappa shape index (κ2) is 20.4. The molecule has 16 nitrogen and oxygen atoms in total. The molecule has 2 bridgehead atoms. The summed E-state index contributed by atoms with van der Waals surface area (Å²) in [6.07, 6.45) is 17.6. The molecule has 7 aliphatic heterocycles. The summed E-state index contributed by atoms with van der Waals surface area (Å²) < 4.78 is 38.3. The summed E-state index contributed by atoms with van der Waals surface area (Å²) in [5.41, 5.74) is 1.48. The summed E-state index contributed by atoms with van der Waals surface area (Å²) in [5.74, 6) is 1.50. The van der Waals surface area contributed by atoms with Crippen LogP contribution in [-0.2, 0) is 9.59 Å². The number of benzene rings is 3. The monoisotopic (exact) mass is 1020 g/mol. The van der Waals surface area contributed by atoms with E-state index >= 15 is 8.78 Å². The van der Waals surface area contributed by atoms with E-state index in [1.807, 2.05) is 12.1 Å². The number of imide groups is 2. The molecule has 2 aromatic heterocycles. The van der Waals surface area contributed by atoms with Crippen LogP contribution in [0.4, 0.5) is 20.3 Å². The molecule has 390 valence electrons. The lowest BCUT2D eigenvalue weighted by Crippen LogP contribution is -2.54. The Kier molecular flexibility index (Phi) is 13.3. The van der Waals surface area contributed by atoms with E-state index in [0.29, 0.717) is 77.9 Å². The van der Waals surface area contributed by atoms with E-state index in [-0.39, 0.29) is 58.2 Å². The van der Waals surface area contributed by atoms with Gasteiger partial charge in [-0.2, -0.15) is 9.97 Å². The van der Waals surface area contributed by atoms with Gasteiger partial charge in [0.05, 0.1) is 27.8 Å². The number of pyridine rings is 1. The molecule has 7 aliphatic rings. The number of rotatable bonds is 12. The lowest BCUT2D eigenvalue weighted by molar-refractivity contribution is -0.136. The summed E-state index contributed by atoms with van der Waals surface area (Å²) >= 11 is 0. The first-order valence-electron chi connectivity index (χ1n) is 26.9. The number of terminal acetylenes is 1. The number of aromatic hydroxyl groups is 1. The van der Waals surface area contributed by atoms with Gasteiger partial charge in [0, 0.05) is 74.9 Å². The number of hydrogen-bond acceptors (Lipinski definition) is 14. The quantitative estimate of drug-likeness (QED) is 0.0943. The zero-order valence-corrected chi connectivity index (χ0v) is 42.0. The molecular weight excluding hydrogens is 959 g/mol. The van der Waals surface area contributed by atoms with Crippen molar-refractivity contribution < 1.29 is 37.8 Å². The average Bonchev–Trinajstić information content (AvgIpc) is 3.90. The predicted octanol–water partition coefficient (Wildman–Crippen LogP) is 6.26. The number of fused-ring (bicyclic) bond motifs is 5. The van der Waals surface area contributed by atoms with Crippen molar-refractivity contribution in [1.82, 2.24) is 40.3 Å². The van der Waals surface area contributed by atoms with Crippen molar-refractivity contribution in [2.24, 2.45) is 17.8 Å². The van der Waals surface area contributed by atoms with Crippen LogP contribution in [0, 0.1) is 41.7 Å². The number of likely N-dealkylation sites (tertiary alicyclic amines) is 2. The molecule has 3 aromatic carbocycles. The molecule has 6 fully saturated rings. The van der Waals surface area contributed by atoms with E-state index < -0.39 is 35.4 Å². The molecular formula is C57H62F2N10O6. The van der Waals surface area contributed by atoms with Gasteiger partial charge in [-0.1, -0.05) is 18.1 Å². The normalized spacial score (nSPS) is 23.4. The van der Waals surface area contributed by atoms with E-state index in [1.54, 1.807) is 12.3 Å². The number of piperazine rings is 1. The Labute approximate surface area is 434 Å². The minimum absolute atomic E-state index is 0.0310. The molecule has 0 spiro atoms. The average molecular weight is 1020 g/mol. The van der Waals surface area contributed by atoms with E-state index in [4.69, 9.17) is 16.1 Å². The van der Waals surface area contributed by atoms with Crippen LogP contribution < -0.4 is 25.2 Å². The van der Waals surface area contributed by atoms with Crippen molar-refractivity contribution in [2.75, 3.05) is 81.9 Å². The number of nitrogens with zero attached hydrogens (tertiary/aromatic N) is 8. The highest BCUT2D eigenvalue weighted by molar-refractivity contribution is 6.25. The molecule has 12 rings (SSSR count). The summed E-state index contributed by atoms with van der Waals surface area (Å²) in [6.45, 7) is 9.25. The third-order valence-electron chi connectivity index (χ3n) is 17.2. The molecule has 3 atom stereocenters. The van der Waals surface area contributed by atoms with Crippen LogP contribution in [0.25, 0.3) is 32.9 Å². The molecule has 9 heterocycles. The van der Waals surface area contributed by atoms with Gasteiger partial charge < -0.3 is 29.9 Å². The molecule has 75 heavy (non-hydrogen) atoms. The Bertz CT molecular complexity index is 3130. The van der Waals surface area contributed by atoms with Crippen molar-refractivity contribution in [3.8, 4) is 35.4 Å². The van der Waals surface area contributed by atoms with Crippen LogP contribution in [0.1, 0.15) is 96.9 Å². The van der Waals surface area contributed by atoms with Gasteiger partial charge in [-0.05, 0) is 144 Å². The largest absolute Gasteiger partial charge is 0.508 e. The second-order valence-corrected chi connectivity index (χ2v) is 21.9. The topological polar surface area (TPSA) is 177 Å². The van der Waals surface area contributed by atoms with Crippen LogP contribution in [0.2, 0.25) is 0 Å². The Balaban J connectivity index is 0.626. The number of phenolic OH excluding ortho intramolecular Hbond substituents is 1. The van der Waals surface area contributed by atoms with Crippen molar-refractivity contribution in [3.63, 3.8) is 0 Å². The number of phenols is 1. The van der Waals surface area contributed by atoms with Crippen molar-refractivity contribution in [3.05, 3.63) is 77.0 Å². The van der Waals surface area contributed by atoms with Gasteiger partial charge >= 0.3 is 6.01 Å². The molecule has 3 unspecified atom stereocenters. The lowest BCUT2D eigenvalue weighted by atomic mass is 9.82. The summed E-state index contributed by atoms with van der Waals surface area (Å²) in [4.78, 5) is 76.1. The second-order valence-electron chi connectivity index (χ2n) is 21.9. The van der Waals surface area contributed by atoms with Gasteiger partial charge in [-0.3, -0.25) is 39.3 Å². The maximum absolute atomic E-state index is 17.0. The summed E-state index contributed by atoms with van der Waals surface area (Å²) in [7, 11) is 0. The highest BCUT2D eigenvalue weighted by Crippen LogP contribution is 2.41. The maximum atomic E-state index is 17.0. The zero-order chi connectivity index (χ0) is 51.5. The number of halogens is 2. The molecule has 0 aliphatic carbocycles. The molecule has 5 aromatic rings. The predicted molar refractivity (Wildman–Crippen MR) is 278 cm³/mol. The smallest absolute Gasteiger partial charge is 0.319 e. The van der Waals surface area contributed by atoms with E-state index in [1.165, 1.54) is 43.5 Å². The van der Waals surface area contributed by atoms with Gasteiger partial charge in [0.2, 0.25) is 11.8 Å². The number of carbonyl (C=O) groups is 4. The minimum Gasteiger partial charge on any atom is -0.508 e. The van der Waals surface area contributed by atoms with E-state index in [9.17, 15) is 24.3 Å². The van der Waals surface area contributed by atoms with Crippen molar-refractivity contribution >= 4 is 56.8 Å². The number of carbonyl (C=O) groups excluding carboxylic acids is 4. The highest BCUT2D eigenvalue weighted by atomic mass is 19.1. The third kappa shape index (κ3) is 9.52. The van der Waals surface area contributed by atoms with Crippen LogP contribution >= 0.6 is 0 Å². The fourth-order valence-corrected chi connectivity index (χ4v) is 13.3. The summed E-state index contributed by atoms with van der Waals surface area (Å²) in [6, 6.07) is 10.6. The Morgan fingerprint density at radius 3 is 2.23 bits per heavy atom. The van der Waals surface area contributed by atoms with Gasteiger partial charge in [0.15, 0.2) is 5.82 Å². The molecule has 18 heteroatoms. The third-order valence-corrected chi connectivity index (χ3v) is 17.2. The number of piperidine rings is 4. The Hall–Kier alpha value is -6.81. The number of ether oxygens (including phenoxy) is 1. The molecule has 3 N–H and O–H groups in total. The van der Waals surface area contributed by atoms with Gasteiger partial charge in [0.25, 0.3) is 11.8 Å². The highest BCUT2D eigenvalue weighted by Gasteiger charge is 2.46. The fraction of sp³-hybridized carbons (Fsp3) is 0.491. The summed E-state index contributed by atoms with van der Waals surface area (Å²) in [5, 5.41) is 17.8. The zero-order valence-electron chi connectivity index (χ0n) is 42.0. The molecule has 0 saturated carbocycles. The van der Waals surface area contributed by atoms with Crippen molar-refractivity contribution in [1.29, 1.82) is 0 Å². The maximum Gasteiger partial charge on any atom is 0.319 e. The number of aromatic nitrogens is 3. The van der Waals surface area contributed by atoms with E-state index in [2.05, 4.69) is 46.1 Å². The molecule has 4 amide bonds. The van der Waals surface area contributed by atoms with Crippen LogP contribution in [0.5, 0.6) is 11.8 Å². The van der Waals surface area contributed by atoms with Crippen LogP contribution in [0.3, 0.4) is 0 Å². The number of nitrogens with one attached hydrogen (secondary N) is 2. The minimum atomic E-state index is -0.981.